The fraction of sp³-hybridized carbons (Fsp3) is 0.400. The molecule has 2 nitrogen and oxygen atoms in total. The van der Waals surface area contributed by atoms with Crippen molar-refractivity contribution in [2.75, 3.05) is 19.6 Å². The highest BCUT2D eigenvalue weighted by Gasteiger charge is 2.00. The monoisotopic (exact) mass is 232 g/mol. The maximum atomic E-state index is 6.01. The van der Waals surface area contributed by atoms with E-state index in [0.29, 0.717) is 11.6 Å². The molecule has 0 saturated heterocycles. The molecule has 78 valence electrons. The Hall–Kier alpha value is -0.280. The normalized spacial score (nSPS) is 10.5. The van der Waals surface area contributed by atoms with Crippen LogP contribution < -0.4 is 11.1 Å². The van der Waals surface area contributed by atoms with E-state index < -0.39 is 0 Å². The Bertz CT molecular complexity index is 289. The summed E-state index contributed by atoms with van der Waals surface area (Å²) in [7, 11) is 0. The molecular formula is C10H14Cl2N2. The molecule has 0 fully saturated rings. The van der Waals surface area contributed by atoms with Crippen molar-refractivity contribution in [1.82, 2.24) is 5.32 Å². The average Bonchev–Trinajstić information content (AvgIpc) is 2.15. The van der Waals surface area contributed by atoms with Crippen molar-refractivity contribution in [2.45, 2.75) is 6.42 Å². The highest BCUT2D eigenvalue weighted by molar-refractivity contribution is 6.35. The standard InChI is InChI=1S/C10H14Cl2N2/c11-9-2-1-8(10(12)7-9)3-5-14-6-4-13/h1-2,7,14H,3-6,13H2. The summed E-state index contributed by atoms with van der Waals surface area (Å²) in [6.07, 6.45) is 0.899. The van der Waals surface area contributed by atoms with Gasteiger partial charge in [0.25, 0.3) is 0 Å². The van der Waals surface area contributed by atoms with Crippen molar-refractivity contribution in [2.24, 2.45) is 5.73 Å². The Balaban J connectivity index is 2.42. The summed E-state index contributed by atoms with van der Waals surface area (Å²) >= 11 is 11.8. The van der Waals surface area contributed by atoms with Gasteiger partial charge >= 0.3 is 0 Å². The van der Waals surface area contributed by atoms with Crippen LogP contribution in [-0.2, 0) is 6.42 Å². The van der Waals surface area contributed by atoms with Gasteiger partial charge in [0.2, 0.25) is 0 Å². The van der Waals surface area contributed by atoms with E-state index in [0.717, 1.165) is 30.1 Å². The van der Waals surface area contributed by atoms with Crippen molar-refractivity contribution in [3.05, 3.63) is 33.8 Å². The lowest BCUT2D eigenvalue weighted by atomic mass is 10.1. The number of hydrogen-bond donors (Lipinski definition) is 2. The van der Waals surface area contributed by atoms with Gasteiger partial charge in [-0.05, 0) is 30.7 Å². The molecule has 0 aliphatic carbocycles. The van der Waals surface area contributed by atoms with Gasteiger partial charge in [-0.3, -0.25) is 0 Å². The zero-order valence-corrected chi connectivity index (χ0v) is 9.41. The average molecular weight is 233 g/mol. The second-order valence-corrected chi connectivity index (χ2v) is 3.87. The minimum absolute atomic E-state index is 0.661. The Morgan fingerprint density at radius 3 is 2.64 bits per heavy atom. The van der Waals surface area contributed by atoms with E-state index in [9.17, 15) is 0 Å². The van der Waals surface area contributed by atoms with Gasteiger partial charge in [-0.2, -0.15) is 0 Å². The van der Waals surface area contributed by atoms with Crippen LogP contribution in [0.3, 0.4) is 0 Å². The zero-order chi connectivity index (χ0) is 10.4. The van der Waals surface area contributed by atoms with Crippen molar-refractivity contribution in [3.63, 3.8) is 0 Å². The van der Waals surface area contributed by atoms with Crippen molar-refractivity contribution >= 4 is 23.2 Å². The van der Waals surface area contributed by atoms with Crippen LogP contribution in [0.5, 0.6) is 0 Å². The summed E-state index contributed by atoms with van der Waals surface area (Å²) in [5.41, 5.74) is 6.46. The number of nitrogens with one attached hydrogen (secondary N) is 1. The molecule has 1 aromatic rings. The van der Waals surface area contributed by atoms with E-state index in [2.05, 4.69) is 5.32 Å². The summed E-state index contributed by atoms with van der Waals surface area (Å²) in [5, 5.41) is 4.61. The van der Waals surface area contributed by atoms with Crippen molar-refractivity contribution < 1.29 is 0 Å². The first kappa shape index (κ1) is 11.8. The van der Waals surface area contributed by atoms with Crippen LogP contribution in [-0.4, -0.2) is 19.6 Å². The van der Waals surface area contributed by atoms with Crippen LogP contribution in [0.4, 0.5) is 0 Å². The molecule has 0 aliphatic rings. The third-order valence-corrected chi connectivity index (χ3v) is 2.49. The van der Waals surface area contributed by atoms with E-state index in [1.54, 1.807) is 6.07 Å². The second kappa shape index (κ2) is 6.25. The van der Waals surface area contributed by atoms with Crippen LogP contribution in [0.2, 0.25) is 10.0 Å². The molecule has 0 unspecified atom stereocenters. The molecule has 1 aromatic carbocycles. The number of nitrogens with two attached hydrogens (primary N) is 1. The Morgan fingerprint density at radius 1 is 1.21 bits per heavy atom. The fourth-order valence-electron chi connectivity index (χ4n) is 1.17. The van der Waals surface area contributed by atoms with Gasteiger partial charge in [0.05, 0.1) is 0 Å². The molecule has 0 spiro atoms. The van der Waals surface area contributed by atoms with Gasteiger partial charge in [0, 0.05) is 23.1 Å². The molecule has 0 atom stereocenters. The molecule has 3 N–H and O–H groups in total. The minimum atomic E-state index is 0.661. The summed E-state index contributed by atoms with van der Waals surface area (Å²) in [4.78, 5) is 0. The maximum absolute atomic E-state index is 6.01. The maximum Gasteiger partial charge on any atom is 0.0453 e. The van der Waals surface area contributed by atoms with Crippen LogP contribution in [0.1, 0.15) is 5.56 Å². The molecule has 1 rings (SSSR count). The molecule has 0 amide bonds. The first-order valence-corrected chi connectivity index (χ1v) is 5.34. The molecule has 0 aliphatic heterocycles. The number of halogens is 2. The fourth-order valence-corrected chi connectivity index (χ4v) is 1.68. The molecule has 4 heteroatoms. The smallest absolute Gasteiger partial charge is 0.0453 e. The van der Waals surface area contributed by atoms with Gasteiger partial charge in [0.1, 0.15) is 0 Å². The van der Waals surface area contributed by atoms with E-state index in [1.165, 1.54) is 0 Å². The predicted octanol–water partition coefficient (Wildman–Crippen LogP) is 2.08. The van der Waals surface area contributed by atoms with Crippen LogP contribution in [0.15, 0.2) is 18.2 Å². The van der Waals surface area contributed by atoms with Gasteiger partial charge in [-0.1, -0.05) is 29.3 Å². The number of hydrogen-bond acceptors (Lipinski definition) is 2. The Morgan fingerprint density at radius 2 is 2.00 bits per heavy atom. The van der Waals surface area contributed by atoms with E-state index in [1.807, 2.05) is 12.1 Å². The molecule has 0 aromatic heterocycles. The van der Waals surface area contributed by atoms with Crippen LogP contribution in [0.25, 0.3) is 0 Å². The first-order chi connectivity index (χ1) is 6.74. The third-order valence-electron chi connectivity index (χ3n) is 1.91. The van der Waals surface area contributed by atoms with Crippen LogP contribution in [0, 0.1) is 0 Å². The molecular weight excluding hydrogens is 219 g/mol. The number of rotatable bonds is 5. The third kappa shape index (κ3) is 3.84. The Labute approximate surface area is 94.4 Å². The Kier molecular flexibility index (Phi) is 5.26. The highest BCUT2D eigenvalue weighted by Crippen LogP contribution is 2.20. The highest BCUT2D eigenvalue weighted by atomic mass is 35.5. The molecule has 0 saturated carbocycles. The summed E-state index contributed by atoms with van der Waals surface area (Å²) < 4.78 is 0. The quantitative estimate of drug-likeness (QED) is 0.764. The van der Waals surface area contributed by atoms with Gasteiger partial charge in [-0.15, -0.1) is 0 Å². The van der Waals surface area contributed by atoms with Gasteiger partial charge in [0.15, 0.2) is 0 Å². The lowest BCUT2D eigenvalue weighted by molar-refractivity contribution is 0.689. The topological polar surface area (TPSA) is 38.0 Å². The zero-order valence-electron chi connectivity index (χ0n) is 7.89. The van der Waals surface area contributed by atoms with Crippen LogP contribution >= 0.6 is 23.2 Å². The summed E-state index contributed by atoms with van der Waals surface area (Å²) in [6, 6.07) is 5.57. The second-order valence-electron chi connectivity index (χ2n) is 3.02. The number of benzene rings is 1. The largest absolute Gasteiger partial charge is 0.329 e. The van der Waals surface area contributed by atoms with Crippen molar-refractivity contribution in [3.8, 4) is 0 Å². The van der Waals surface area contributed by atoms with Crippen molar-refractivity contribution in [1.29, 1.82) is 0 Å². The van der Waals surface area contributed by atoms with E-state index in [-0.39, 0.29) is 0 Å². The van der Waals surface area contributed by atoms with Gasteiger partial charge < -0.3 is 11.1 Å². The summed E-state index contributed by atoms with van der Waals surface area (Å²) in [6.45, 7) is 2.39. The molecule has 0 heterocycles. The van der Waals surface area contributed by atoms with E-state index >= 15 is 0 Å². The lowest BCUT2D eigenvalue weighted by Crippen LogP contribution is -2.24. The first-order valence-electron chi connectivity index (χ1n) is 4.58. The molecule has 0 radical (unpaired) electrons. The summed E-state index contributed by atoms with van der Waals surface area (Å²) in [5.74, 6) is 0. The van der Waals surface area contributed by atoms with Gasteiger partial charge in [-0.25, -0.2) is 0 Å². The molecule has 0 bridgehead atoms. The molecule has 14 heavy (non-hydrogen) atoms. The predicted molar refractivity (Wildman–Crippen MR) is 62.1 cm³/mol. The van der Waals surface area contributed by atoms with E-state index in [4.69, 9.17) is 28.9 Å². The lowest BCUT2D eigenvalue weighted by Gasteiger charge is -2.05. The SMILES string of the molecule is NCCNCCc1ccc(Cl)cc1Cl. The minimum Gasteiger partial charge on any atom is -0.329 e.